The molecule has 6 nitrogen and oxygen atoms in total. The lowest BCUT2D eigenvalue weighted by atomic mass is 10.1. The van der Waals surface area contributed by atoms with Gasteiger partial charge in [-0.15, -0.1) is 0 Å². The third kappa shape index (κ3) is 4.29. The second-order valence-corrected chi connectivity index (χ2v) is 6.31. The molecule has 0 aromatic heterocycles. The molecule has 0 bridgehead atoms. The van der Waals surface area contributed by atoms with Gasteiger partial charge in [-0.1, -0.05) is 0 Å². The first-order valence-electron chi connectivity index (χ1n) is 8.81. The van der Waals surface area contributed by atoms with Gasteiger partial charge in [-0.25, -0.2) is 0 Å². The van der Waals surface area contributed by atoms with Gasteiger partial charge in [0.1, 0.15) is 0 Å². The number of nitrogens with zero attached hydrogens (tertiary/aromatic N) is 1. The maximum Gasteiger partial charge on any atom is 0.258 e. The highest BCUT2D eigenvalue weighted by atomic mass is 16.2. The number of nitrogens with two attached hydrogens (primary N) is 1. The topological polar surface area (TPSA) is 87.5 Å². The first kappa shape index (κ1) is 19.0. The van der Waals surface area contributed by atoms with E-state index in [0.717, 1.165) is 11.4 Å². The van der Waals surface area contributed by atoms with Crippen LogP contribution in [0.2, 0.25) is 0 Å². The highest BCUT2D eigenvalue weighted by molar-refractivity contribution is 6.08. The molecule has 0 radical (unpaired) electrons. The van der Waals surface area contributed by atoms with Crippen molar-refractivity contribution in [2.75, 3.05) is 35.4 Å². The summed E-state index contributed by atoms with van der Waals surface area (Å²) in [5.41, 5.74) is 9.70. The van der Waals surface area contributed by atoms with Crippen LogP contribution in [0.1, 0.15) is 20.7 Å². The molecule has 0 saturated carbocycles. The smallest absolute Gasteiger partial charge is 0.258 e. The quantitative estimate of drug-likeness (QED) is 0.592. The number of benzene rings is 3. The third-order valence-electron chi connectivity index (χ3n) is 4.41. The molecular weight excluding hydrogens is 352 g/mol. The number of hydrogen-bond donors (Lipinski definition) is 3. The molecule has 0 fully saturated rings. The molecule has 3 aromatic carbocycles. The molecule has 0 unspecified atom stereocenters. The Morgan fingerprint density at radius 1 is 0.786 bits per heavy atom. The molecule has 3 rings (SSSR count). The van der Waals surface area contributed by atoms with Crippen LogP contribution in [0.4, 0.5) is 22.7 Å². The first-order valence-corrected chi connectivity index (χ1v) is 8.81. The van der Waals surface area contributed by atoms with Crippen LogP contribution in [0.5, 0.6) is 0 Å². The Labute approximate surface area is 164 Å². The Morgan fingerprint density at radius 3 is 1.89 bits per heavy atom. The molecule has 4 N–H and O–H groups in total. The van der Waals surface area contributed by atoms with E-state index in [0.29, 0.717) is 22.5 Å². The summed E-state index contributed by atoms with van der Waals surface area (Å²) >= 11 is 0. The summed E-state index contributed by atoms with van der Waals surface area (Å²) in [6.07, 6.45) is 0. The van der Waals surface area contributed by atoms with Gasteiger partial charge in [-0.05, 0) is 72.8 Å². The number of carbonyl (C=O) groups excluding carboxylic acids is 2. The van der Waals surface area contributed by atoms with E-state index in [1.54, 1.807) is 55.6 Å². The lowest BCUT2D eigenvalue weighted by Gasteiger charge is -2.17. The molecule has 0 aliphatic carbocycles. The van der Waals surface area contributed by atoms with Crippen molar-refractivity contribution in [3.63, 3.8) is 0 Å². The molecule has 0 heterocycles. The minimum Gasteiger partial charge on any atom is -0.399 e. The Bertz CT molecular complexity index is 965. The van der Waals surface area contributed by atoms with E-state index in [2.05, 4.69) is 10.6 Å². The largest absolute Gasteiger partial charge is 0.399 e. The number of anilines is 4. The van der Waals surface area contributed by atoms with Crippen LogP contribution < -0.4 is 21.3 Å². The minimum atomic E-state index is -0.233. The van der Waals surface area contributed by atoms with E-state index in [9.17, 15) is 9.59 Å². The Balaban J connectivity index is 1.68. The molecule has 3 aromatic rings. The van der Waals surface area contributed by atoms with Crippen LogP contribution in [0.3, 0.4) is 0 Å². The van der Waals surface area contributed by atoms with Crippen LogP contribution in [0, 0.1) is 0 Å². The van der Waals surface area contributed by atoms with Crippen LogP contribution in [0.25, 0.3) is 0 Å². The Morgan fingerprint density at radius 2 is 1.32 bits per heavy atom. The average Bonchev–Trinajstić information content (AvgIpc) is 2.74. The summed E-state index contributed by atoms with van der Waals surface area (Å²) in [4.78, 5) is 26.6. The monoisotopic (exact) mass is 374 g/mol. The normalized spacial score (nSPS) is 10.2. The van der Waals surface area contributed by atoms with Crippen molar-refractivity contribution in [2.45, 2.75) is 0 Å². The molecular formula is C22H22N4O2. The van der Waals surface area contributed by atoms with Crippen molar-refractivity contribution in [3.05, 3.63) is 83.9 Å². The molecule has 0 saturated heterocycles. The zero-order chi connectivity index (χ0) is 20.1. The molecule has 2 amide bonds. The van der Waals surface area contributed by atoms with Crippen LogP contribution in [-0.2, 0) is 0 Å². The molecule has 28 heavy (non-hydrogen) atoms. The van der Waals surface area contributed by atoms with Gasteiger partial charge in [0.05, 0.1) is 0 Å². The number of rotatable bonds is 5. The zero-order valence-corrected chi connectivity index (χ0v) is 15.8. The van der Waals surface area contributed by atoms with Crippen molar-refractivity contribution in [2.24, 2.45) is 0 Å². The van der Waals surface area contributed by atoms with Gasteiger partial charge < -0.3 is 21.3 Å². The van der Waals surface area contributed by atoms with Gasteiger partial charge in [-0.3, -0.25) is 9.59 Å². The highest BCUT2D eigenvalue weighted by Crippen LogP contribution is 2.18. The average molecular weight is 374 g/mol. The van der Waals surface area contributed by atoms with E-state index in [4.69, 9.17) is 5.73 Å². The fourth-order valence-electron chi connectivity index (χ4n) is 2.70. The van der Waals surface area contributed by atoms with Crippen LogP contribution in [-0.4, -0.2) is 25.9 Å². The number of nitrogens with one attached hydrogen (secondary N) is 2. The summed E-state index contributed by atoms with van der Waals surface area (Å²) in [5.74, 6) is -0.400. The number of nitrogen functional groups attached to an aromatic ring is 1. The van der Waals surface area contributed by atoms with Crippen molar-refractivity contribution in [3.8, 4) is 0 Å². The summed E-state index contributed by atoms with van der Waals surface area (Å²) in [5, 5.41) is 5.86. The maximum absolute atomic E-state index is 12.7. The standard InChI is InChI=1S/C22H22N4O2/c1-24-18-9-11-19(12-10-18)25-21(27)15-3-5-16(6-4-15)22(28)26(2)20-13-7-17(23)8-14-20/h3-14,24H,23H2,1-2H3,(H,25,27). The molecule has 6 heteroatoms. The van der Waals surface area contributed by atoms with Crippen molar-refractivity contribution in [1.29, 1.82) is 0 Å². The highest BCUT2D eigenvalue weighted by Gasteiger charge is 2.14. The van der Waals surface area contributed by atoms with Gasteiger partial charge in [-0.2, -0.15) is 0 Å². The summed E-state index contributed by atoms with van der Waals surface area (Å²) < 4.78 is 0. The van der Waals surface area contributed by atoms with E-state index in [1.165, 1.54) is 4.90 Å². The second kappa shape index (κ2) is 8.26. The maximum atomic E-state index is 12.7. The summed E-state index contributed by atoms with van der Waals surface area (Å²) in [7, 11) is 3.53. The minimum absolute atomic E-state index is 0.167. The first-order chi connectivity index (χ1) is 13.5. The molecule has 0 spiro atoms. The SMILES string of the molecule is CNc1ccc(NC(=O)c2ccc(C(=O)N(C)c3ccc(N)cc3)cc2)cc1. The van der Waals surface area contributed by atoms with E-state index in [-0.39, 0.29) is 11.8 Å². The van der Waals surface area contributed by atoms with E-state index in [1.807, 2.05) is 31.3 Å². The lowest BCUT2D eigenvalue weighted by molar-refractivity contribution is 0.0989. The zero-order valence-electron chi connectivity index (χ0n) is 15.8. The fourth-order valence-corrected chi connectivity index (χ4v) is 2.70. The van der Waals surface area contributed by atoms with Gasteiger partial charge >= 0.3 is 0 Å². The van der Waals surface area contributed by atoms with Crippen molar-refractivity contribution in [1.82, 2.24) is 0 Å². The Kier molecular flexibility index (Phi) is 5.60. The molecule has 142 valence electrons. The fraction of sp³-hybridized carbons (Fsp3) is 0.0909. The lowest BCUT2D eigenvalue weighted by Crippen LogP contribution is -2.26. The van der Waals surface area contributed by atoms with Gasteiger partial charge in [0.2, 0.25) is 0 Å². The van der Waals surface area contributed by atoms with Crippen molar-refractivity contribution < 1.29 is 9.59 Å². The Hall–Kier alpha value is -3.80. The van der Waals surface area contributed by atoms with Crippen LogP contribution >= 0.6 is 0 Å². The number of hydrogen-bond acceptors (Lipinski definition) is 4. The number of amides is 2. The predicted octanol–water partition coefficient (Wildman–Crippen LogP) is 3.84. The third-order valence-corrected chi connectivity index (χ3v) is 4.41. The van der Waals surface area contributed by atoms with Gasteiger partial charge in [0.25, 0.3) is 11.8 Å². The summed E-state index contributed by atoms with van der Waals surface area (Å²) in [6, 6.07) is 21.0. The van der Waals surface area contributed by atoms with E-state index >= 15 is 0 Å². The number of carbonyl (C=O) groups is 2. The van der Waals surface area contributed by atoms with Crippen molar-refractivity contribution >= 4 is 34.6 Å². The van der Waals surface area contributed by atoms with Gasteiger partial charge in [0.15, 0.2) is 0 Å². The summed E-state index contributed by atoms with van der Waals surface area (Å²) in [6.45, 7) is 0. The predicted molar refractivity (Wildman–Crippen MR) is 114 cm³/mol. The molecule has 0 atom stereocenters. The second-order valence-electron chi connectivity index (χ2n) is 6.31. The molecule has 0 aliphatic heterocycles. The molecule has 0 aliphatic rings. The van der Waals surface area contributed by atoms with Gasteiger partial charge in [0, 0.05) is 48.0 Å². The van der Waals surface area contributed by atoms with E-state index < -0.39 is 0 Å². The van der Waals surface area contributed by atoms with Crippen LogP contribution in [0.15, 0.2) is 72.8 Å².